The summed E-state index contributed by atoms with van der Waals surface area (Å²) in [5.74, 6) is 0. The standard InChI is InChI=1S/C17H19ClN2O/c1-20(11-14-6-8-17(18)9-7-14)12-16-5-3-2-4-15(16)10-19-13-21/h2-9,13H,10-12H2,1H3,(H,19,21). The van der Waals surface area contributed by atoms with E-state index in [4.69, 9.17) is 11.6 Å². The SMILES string of the molecule is CN(Cc1ccc(Cl)cc1)Cc1ccccc1CNC=O. The van der Waals surface area contributed by atoms with Crippen molar-refractivity contribution in [3.63, 3.8) is 0 Å². The van der Waals surface area contributed by atoms with Gasteiger partial charge in [-0.2, -0.15) is 0 Å². The molecule has 0 unspecified atom stereocenters. The van der Waals surface area contributed by atoms with Gasteiger partial charge in [0, 0.05) is 24.7 Å². The lowest BCUT2D eigenvalue weighted by molar-refractivity contribution is -0.109. The van der Waals surface area contributed by atoms with E-state index >= 15 is 0 Å². The van der Waals surface area contributed by atoms with Gasteiger partial charge >= 0.3 is 0 Å². The molecule has 0 atom stereocenters. The average Bonchev–Trinajstić information content (AvgIpc) is 2.49. The molecule has 0 aliphatic carbocycles. The number of hydrogen-bond donors (Lipinski definition) is 1. The first kappa shape index (κ1) is 15.5. The number of carbonyl (C=O) groups excluding carboxylic acids is 1. The zero-order valence-electron chi connectivity index (χ0n) is 12.1. The highest BCUT2D eigenvalue weighted by Gasteiger charge is 2.06. The highest BCUT2D eigenvalue weighted by Crippen LogP contribution is 2.14. The van der Waals surface area contributed by atoms with Crippen LogP contribution in [0.5, 0.6) is 0 Å². The van der Waals surface area contributed by atoms with Crippen LogP contribution in [0.4, 0.5) is 0 Å². The van der Waals surface area contributed by atoms with Crippen LogP contribution in [0.2, 0.25) is 5.02 Å². The van der Waals surface area contributed by atoms with Gasteiger partial charge in [-0.3, -0.25) is 9.69 Å². The molecule has 2 rings (SSSR count). The Bertz CT molecular complexity index is 584. The van der Waals surface area contributed by atoms with E-state index in [1.165, 1.54) is 11.1 Å². The van der Waals surface area contributed by atoms with Crippen LogP contribution >= 0.6 is 11.6 Å². The Morgan fingerprint density at radius 2 is 1.71 bits per heavy atom. The predicted octanol–water partition coefficient (Wildman–Crippen LogP) is 3.22. The van der Waals surface area contributed by atoms with E-state index in [0.29, 0.717) is 6.54 Å². The van der Waals surface area contributed by atoms with E-state index in [-0.39, 0.29) is 0 Å². The average molecular weight is 303 g/mol. The van der Waals surface area contributed by atoms with Gasteiger partial charge in [-0.1, -0.05) is 48.0 Å². The highest BCUT2D eigenvalue weighted by atomic mass is 35.5. The number of halogens is 1. The molecular weight excluding hydrogens is 284 g/mol. The molecule has 0 saturated heterocycles. The predicted molar refractivity (Wildman–Crippen MR) is 86.0 cm³/mol. The first-order chi connectivity index (χ1) is 10.2. The number of nitrogens with one attached hydrogen (secondary N) is 1. The number of nitrogens with zero attached hydrogens (tertiary/aromatic N) is 1. The van der Waals surface area contributed by atoms with E-state index in [0.717, 1.165) is 30.1 Å². The van der Waals surface area contributed by atoms with Gasteiger partial charge in [-0.15, -0.1) is 0 Å². The Morgan fingerprint density at radius 1 is 1.05 bits per heavy atom. The second kappa shape index (κ2) is 7.81. The van der Waals surface area contributed by atoms with Gasteiger partial charge in [0.2, 0.25) is 6.41 Å². The van der Waals surface area contributed by atoms with Crippen molar-refractivity contribution in [1.82, 2.24) is 10.2 Å². The summed E-state index contributed by atoms with van der Waals surface area (Å²) >= 11 is 5.90. The van der Waals surface area contributed by atoms with Crippen molar-refractivity contribution in [2.24, 2.45) is 0 Å². The van der Waals surface area contributed by atoms with Gasteiger partial charge in [0.15, 0.2) is 0 Å². The van der Waals surface area contributed by atoms with Crippen LogP contribution in [0.3, 0.4) is 0 Å². The number of benzene rings is 2. The van der Waals surface area contributed by atoms with Crippen LogP contribution in [0, 0.1) is 0 Å². The molecule has 0 radical (unpaired) electrons. The summed E-state index contributed by atoms with van der Waals surface area (Å²) in [6, 6.07) is 16.1. The van der Waals surface area contributed by atoms with Crippen molar-refractivity contribution in [2.45, 2.75) is 19.6 Å². The third-order valence-electron chi connectivity index (χ3n) is 3.30. The van der Waals surface area contributed by atoms with E-state index in [2.05, 4.69) is 23.3 Å². The van der Waals surface area contributed by atoms with Gasteiger partial charge in [-0.25, -0.2) is 0 Å². The van der Waals surface area contributed by atoms with Crippen molar-refractivity contribution in [3.05, 3.63) is 70.2 Å². The van der Waals surface area contributed by atoms with Crippen molar-refractivity contribution < 1.29 is 4.79 Å². The van der Waals surface area contributed by atoms with Gasteiger partial charge in [0.1, 0.15) is 0 Å². The molecule has 4 heteroatoms. The lowest BCUT2D eigenvalue weighted by Gasteiger charge is -2.19. The maximum atomic E-state index is 10.4. The van der Waals surface area contributed by atoms with Gasteiger partial charge in [-0.05, 0) is 35.9 Å². The molecule has 0 bridgehead atoms. The first-order valence-corrected chi connectivity index (χ1v) is 7.23. The number of rotatable bonds is 7. The van der Waals surface area contributed by atoms with Gasteiger partial charge < -0.3 is 5.32 Å². The minimum Gasteiger partial charge on any atom is -0.355 e. The summed E-state index contributed by atoms with van der Waals surface area (Å²) in [4.78, 5) is 12.7. The van der Waals surface area contributed by atoms with E-state index in [9.17, 15) is 4.79 Å². The molecule has 3 nitrogen and oxygen atoms in total. The Hall–Kier alpha value is -1.84. The lowest BCUT2D eigenvalue weighted by Crippen LogP contribution is -2.19. The second-order valence-corrected chi connectivity index (χ2v) is 5.50. The van der Waals surface area contributed by atoms with Crippen molar-refractivity contribution in [3.8, 4) is 0 Å². The molecule has 0 saturated carbocycles. The molecule has 2 aromatic carbocycles. The van der Waals surface area contributed by atoms with E-state index in [1.807, 2.05) is 42.5 Å². The van der Waals surface area contributed by atoms with Gasteiger partial charge in [0.25, 0.3) is 0 Å². The molecule has 21 heavy (non-hydrogen) atoms. The summed E-state index contributed by atoms with van der Waals surface area (Å²) in [5, 5.41) is 3.48. The molecule has 0 aromatic heterocycles. The van der Waals surface area contributed by atoms with Gasteiger partial charge in [0.05, 0.1) is 0 Å². The smallest absolute Gasteiger partial charge is 0.207 e. The van der Waals surface area contributed by atoms with Crippen LogP contribution in [0.15, 0.2) is 48.5 Å². The van der Waals surface area contributed by atoms with Crippen LogP contribution < -0.4 is 5.32 Å². The summed E-state index contributed by atoms with van der Waals surface area (Å²) in [6.07, 6.45) is 0.730. The number of hydrogen-bond acceptors (Lipinski definition) is 2. The summed E-state index contributed by atoms with van der Waals surface area (Å²) in [6.45, 7) is 2.25. The number of carbonyl (C=O) groups is 1. The van der Waals surface area contributed by atoms with E-state index in [1.54, 1.807) is 0 Å². The maximum absolute atomic E-state index is 10.4. The molecular formula is C17H19ClN2O. The van der Waals surface area contributed by atoms with Crippen LogP contribution in [0.1, 0.15) is 16.7 Å². The molecule has 2 aromatic rings. The monoisotopic (exact) mass is 302 g/mol. The largest absolute Gasteiger partial charge is 0.355 e. The van der Waals surface area contributed by atoms with Crippen LogP contribution in [0.25, 0.3) is 0 Å². The molecule has 1 N–H and O–H groups in total. The zero-order valence-corrected chi connectivity index (χ0v) is 12.8. The quantitative estimate of drug-likeness (QED) is 0.797. The second-order valence-electron chi connectivity index (χ2n) is 5.07. The zero-order chi connectivity index (χ0) is 15.1. The normalized spacial score (nSPS) is 10.6. The summed E-state index contributed by atoms with van der Waals surface area (Å²) in [5.41, 5.74) is 3.60. The number of amides is 1. The fourth-order valence-corrected chi connectivity index (χ4v) is 2.41. The molecule has 0 fully saturated rings. The van der Waals surface area contributed by atoms with E-state index < -0.39 is 0 Å². The Labute approximate surface area is 130 Å². The van der Waals surface area contributed by atoms with Crippen LogP contribution in [-0.4, -0.2) is 18.4 Å². The molecule has 1 amide bonds. The molecule has 0 heterocycles. The Kier molecular flexibility index (Phi) is 5.78. The third-order valence-corrected chi connectivity index (χ3v) is 3.55. The summed E-state index contributed by atoms with van der Waals surface area (Å²) < 4.78 is 0. The first-order valence-electron chi connectivity index (χ1n) is 6.86. The summed E-state index contributed by atoms with van der Waals surface area (Å²) in [7, 11) is 2.08. The maximum Gasteiger partial charge on any atom is 0.207 e. The topological polar surface area (TPSA) is 32.3 Å². The lowest BCUT2D eigenvalue weighted by atomic mass is 10.1. The highest BCUT2D eigenvalue weighted by molar-refractivity contribution is 6.30. The molecule has 110 valence electrons. The fourth-order valence-electron chi connectivity index (χ4n) is 2.28. The fraction of sp³-hybridized carbons (Fsp3) is 0.235. The molecule has 0 spiro atoms. The van der Waals surface area contributed by atoms with Crippen molar-refractivity contribution in [2.75, 3.05) is 7.05 Å². The van der Waals surface area contributed by atoms with Crippen molar-refractivity contribution >= 4 is 18.0 Å². The minimum absolute atomic E-state index is 0.564. The van der Waals surface area contributed by atoms with Crippen molar-refractivity contribution in [1.29, 1.82) is 0 Å². The Morgan fingerprint density at radius 3 is 2.38 bits per heavy atom. The minimum atomic E-state index is 0.564. The molecule has 0 aliphatic heterocycles. The molecule has 0 aliphatic rings. The Balaban J connectivity index is 2.00. The third kappa shape index (κ3) is 4.88. The van der Waals surface area contributed by atoms with Crippen LogP contribution in [-0.2, 0) is 24.4 Å².